The van der Waals surface area contributed by atoms with Crippen molar-refractivity contribution >= 4 is 13.3 Å². The summed E-state index contributed by atoms with van der Waals surface area (Å²) in [7, 11) is -1.02. The highest BCUT2D eigenvalue weighted by atomic mass is 28.3. The quantitative estimate of drug-likeness (QED) is 0.533. The van der Waals surface area contributed by atoms with Crippen molar-refractivity contribution in [2.24, 2.45) is 0 Å². The molecule has 1 aromatic carbocycles. The van der Waals surface area contributed by atoms with E-state index in [4.69, 9.17) is 0 Å². The lowest BCUT2D eigenvalue weighted by Crippen LogP contribution is -2.37. The molecular weight excluding hydrogens is 160 g/mol. The molecule has 1 aliphatic rings. The molecule has 0 saturated heterocycles. The van der Waals surface area contributed by atoms with Gasteiger partial charge in [0, 0.05) is 0 Å². The molecule has 1 heteroatoms. The molecule has 0 N–H and O–H groups in total. The van der Waals surface area contributed by atoms with Gasteiger partial charge in [-0.2, -0.15) is 0 Å². The Balaban J connectivity index is 2.58. The first-order valence-electron chi connectivity index (χ1n) is 4.71. The van der Waals surface area contributed by atoms with E-state index < -0.39 is 8.07 Å². The summed E-state index contributed by atoms with van der Waals surface area (Å²) in [5, 5.41) is 1.69. The summed E-state index contributed by atoms with van der Waals surface area (Å²) in [5.74, 6) is 0.808. The SMILES string of the molecule is C[C@H]1C[Si](C)(C)c2ccccc21. The van der Waals surface area contributed by atoms with Gasteiger partial charge in [0.2, 0.25) is 0 Å². The summed E-state index contributed by atoms with van der Waals surface area (Å²) in [6.45, 7) is 7.32. The van der Waals surface area contributed by atoms with Crippen LogP contribution in [0.3, 0.4) is 0 Å². The van der Waals surface area contributed by atoms with E-state index in [-0.39, 0.29) is 0 Å². The van der Waals surface area contributed by atoms with E-state index >= 15 is 0 Å². The van der Waals surface area contributed by atoms with Crippen molar-refractivity contribution in [2.45, 2.75) is 32.0 Å². The van der Waals surface area contributed by atoms with Crippen LogP contribution in [0.25, 0.3) is 0 Å². The van der Waals surface area contributed by atoms with Gasteiger partial charge in [0.05, 0.1) is 8.07 Å². The third kappa shape index (κ3) is 1.04. The van der Waals surface area contributed by atoms with Gasteiger partial charge in [0.1, 0.15) is 0 Å². The monoisotopic (exact) mass is 176 g/mol. The highest BCUT2D eigenvalue weighted by Gasteiger charge is 2.35. The zero-order valence-corrected chi connectivity index (χ0v) is 9.09. The third-order valence-electron chi connectivity index (χ3n) is 3.04. The molecular formula is C11H16Si. The molecule has 0 aromatic heterocycles. The van der Waals surface area contributed by atoms with E-state index in [0.717, 1.165) is 5.92 Å². The molecule has 2 rings (SSSR count). The van der Waals surface area contributed by atoms with Crippen molar-refractivity contribution in [1.82, 2.24) is 0 Å². The normalized spacial score (nSPS) is 25.4. The molecule has 12 heavy (non-hydrogen) atoms. The highest BCUT2D eigenvalue weighted by Crippen LogP contribution is 2.33. The maximum Gasteiger partial charge on any atom is 0.0815 e. The van der Waals surface area contributed by atoms with Crippen molar-refractivity contribution in [3.05, 3.63) is 29.8 Å². The van der Waals surface area contributed by atoms with Gasteiger partial charge < -0.3 is 0 Å². The molecule has 1 atom stereocenters. The molecule has 64 valence electrons. The van der Waals surface area contributed by atoms with E-state index in [0.29, 0.717) is 0 Å². The van der Waals surface area contributed by atoms with Crippen LogP contribution in [0.2, 0.25) is 19.1 Å². The molecule has 0 saturated carbocycles. The van der Waals surface area contributed by atoms with Crippen LogP contribution in [0, 0.1) is 0 Å². The Hall–Kier alpha value is -0.563. The van der Waals surface area contributed by atoms with Gasteiger partial charge in [-0.3, -0.25) is 0 Å². The van der Waals surface area contributed by atoms with Gasteiger partial charge in [-0.15, -0.1) is 0 Å². The lowest BCUT2D eigenvalue weighted by molar-refractivity contribution is 0.878. The molecule has 0 bridgehead atoms. The van der Waals surface area contributed by atoms with Crippen molar-refractivity contribution in [3.63, 3.8) is 0 Å². The average molecular weight is 176 g/mol. The number of fused-ring (bicyclic) bond motifs is 1. The van der Waals surface area contributed by atoms with Crippen LogP contribution in [-0.2, 0) is 0 Å². The minimum atomic E-state index is -1.02. The van der Waals surface area contributed by atoms with Crippen molar-refractivity contribution < 1.29 is 0 Å². The van der Waals surface area contributed by atoms with Crippen LogP contribution in [-0.4, -0.2) is 8.07 Å². The zero-order chi connectivity index (χ0) is 8.77. The summed E-state index contributed by atoms with van der Waals surface area (Å²) in [6.07, 6.45) is 0. The van der Waals surface area contributed by atoms with Gasteiger partial charge in [0.15, 0.2) is 0 Å². The molecule has 0 amide bonds. The zero-order valence-electron chi connectivity index (χ0n) is 8.09. The maximum absolute atomic E-state index is 2.48. The smallest absolute Gasteiger partial charge is 0.0654 e. The second kappa shape index (κ2) is 2.46. The van der Waals surface area contributed by atoms with Crippen LogP contribution in [0.15, 0.2) is 24.3 Å². The lowest BCUT2D eigenvalue weighted by atomic mass is 10.0. The maximum atomic E-state index is 2.48. The molecule has 1 aromatic rings. The average Bonchev–Trinajstić information content (AvgIpc) is 2.25. The molecule has 1 aliphatic heterocycles. The number of rotatable bonds is 0. The molecule has 0 unspecified atom stereocenters. The van der Waals surface area contributed by atoms with E-state index in [9.17, 15) is 0 Å². The molecule has 0 aliphatic carbocycles. The topological polar surface area (TPSA) is 0 Å². The molecule has 1 heterocycles. The standard InChI is InChI=1S/C11H16Si/c1-9-8-12(2,3)11-7-5-4-6-10(9)11/h4-7,9H,8H2,1-3H3/t9-/m0/s1. The summed E-state index contributed by atoms with van der Waals surface area (Å²) < 4.78 is 0. The van der Waals surface area contributed by atoms with E-state index in [2.05, 4.69) is 44.3 Å². The minimum Gasteiger partial charge on any atom is -0.0654 e. The number of benzene rings is 1. The summed E-state index contributed by atoms with van der Waals surface area (Å²) in [5.41, 5.74) is 1.62. The van der Waals surface area contributed by atoms with Gasteiger partial charge in [-0.25, -0.2) is 0 Å². The predicted octanol–water partition coefficient (Wildman–Crippen LogP) is 2.72. The van der Waals surface area contributed by atoms with Gasteiger partial charge >= 0.3 is 0 Å². The second-order valence-corrected chi connectivity index (χ2v) is 9.29. The summed E-state index contributed by atoms with van der Waals surface area (Å²) in [6, 6.07) is 10.4. The Kier molecular flexibility index (Phi) is 1.65. The van der Waals surface area contributed by atoms with Crippen LogP contribution < -0.4 is 5.19 Å². The van der Waals surface area contributed by atoms with Gasteiger partial charge in [0.25, 0.3) is 0 Å². The summed E-state index contributed by atoms with van der Waals surface area (Å²) >= 11 is 0. The Morgan fingerprint density at radius 1 is 1.25 bits per heavy atom. The first kappa shape index (κ1) is 8.05. The number of hydrogen-bond acceptors (Lipinski definition) is 0. The Morgan fingerprint density at radius 2 is 1.92 bits per heavy atom. The third-order valence-corrected chi connectivity index (χ3v) is 6.58. The fraction of sp³-hybridized carbons (Fsp3) is 0.455. The van der Waals surface area contributed by atoms with Crippen LogP contribution in [0.4, 0.5) is 0 Å². The summed E-state index contributed by atoms with van der Waals surface area (Å²) in [4.78, 5) is 0. The van der Waals surface area contributed by atoms with Crippen molar-refractivity contribution in [1.29, 1.82) is 0 Å². The first-order chi connectivity index (χ1) is 5.61. The van der Waals surface area contributed by atoms with E-state index in [1.807, 2.05) is 0 Å². The van der Waals surface area contributed by atoms with Crippen molar-refractivity contribution in [3.8, 4) is 0 Å². The van der Waals surface area contributed by atoms with Crippen molar-refractivity contribution in [2.75, 3.05) is 0 Å². The lowest BCUT2D eigenvalue weighted by Gasteiger charge is -2.15. The largest absolute Gasteiger partial charge is 0.0815 e. The Bertz CT molecular complexity index is 302. The van der Waals surface area contributed by atoms with E-state index in [1.54, 1.807) is 10.8 Å². The van der Waals surface area contributed by atoms with Crippen LogP contribution in [0.5, 0.6) is 0 Å². The second-order valence-electron chi connectivity index (χ2n) is 4.58. The molecule has 0 nitrogen and oxygen atoms in total. The molecule has 0 spiro atoms. The highest BCUT2D eigenvalue weighted by molar-refractivity contribution is 6.91. The van der Waals surface area contributed by atoms with Gasteiger partial charge in [-0.05, 0) is 17.5 Å². The predicted molar refractivity (Wildman–Crippen MR) is 56.8 cm³/mol. The first-order valence-corrected chi connectivity index (χ1v) is 7.91. The Labute approximate surface area is 75.6 Å². The molecule has 0 radical (unpaired) electrons. The fourth-order valence-electron chi connectivity index (χ4n) is 2.53. The minimum absolute atomic E-state index is 0.808. The van der Waals surface area contributed by atoms with E-state index in [1.165, 1.54) is 6.04 Å². The molecule has 0 fully saturated rings. The van der Waals surface area contributed by atoms with Crippen LogP contribution >= 0.6 is 0 Å². The number of hydrogen-bond donors (Lipinski definition) is 0. The van der Waals surface area contributed by atoms with Crippen LogP contribution in [0.1, 0.15) is 18.4 Å². The Morgan fingerprint density at radius 3 is 2.58 bits per heavy atom. The van der Waals surface area contributed by atoms with Gasteiger partial charge in [-0.1, -0.05) is 49.5 Å². The fourth-order valence-corrected chi connectivity index (χ4v) is 6.16.